The summed E-state index contributed by atoms with van der Waals surface area (Å²) >= 11 is 0. The minimum atomic E-state index is -1.23. The third-order valence-corrected chi connectivity index (χ3v) is 2.10. The molecule has 1 rings (SSSR count). The van der Waals surface area contributed by atoms with E-state index >= 15 is 0 Å². The summed E-state index contributed by atoms with van der Waals surface area (Å²) in [7, 11) is 1.30. The lowest BCUT2D eigenvalue weighted by Crippen LogP contribution is -2.45. The second-order valence-corrected chi connectivity index (χ2v) is 3.57. The Balaban J connectivity index is 2.58. The van der Waals surface area contributed by atoms with Gasteiger partial charge in [0.25, 0.3) is 0 Å². The van der Waals surface area contributed by atoms with Crippen LogP contribution in [0, 0.1) is 10.1 Å². The molecular weight excluding hydrogens is 260 g/mol. The highest BCUT2D eigenvalue weighted by Crippen LogP contribution is 2.07. The van der Waals surface area contributed by atoms with E-state index in [0.29, 0.717) is 0 Å². The molecule has 0 spiro atoms. The Hall–Kier alpha value is -2.49. The van der Waals surface area contributed by atoms with Crippen molar-refractivity contribution in [3.8, 4) is 0 Å². The molecule has 0 aliphatic carbocycles. The largest absolute Gasteiger partial charge is 0.480 e. The monoisotopic (exact) mass is 272 g/mol. The van der Waals surface area contributed by atoms with Gasteiger partial charge in [0, 0.05) is 7.11 Å². The van der Waals surface area contributed by atoms with Gasteiger partial charge in [-0.15, -0.1) is 0 Å². The molecule has 19 heavy (non-hydrogen) atoms. The molecule has 0 radical (unpaired) electrons. The van der Waals surface area contributed by atoms with Crippen molar-refractivity contribution < 1.29 is 24.4 Å². The molecule has 10 heteroatoms. The van der Waals surface area contributed by atoms with Gasteiger partial charge in [-0.3, -0.25) is 19.6 Å². The number of nitrogens with one attached hydrogen (secondary N) is 1. The number of amides is 1. The summed E-state index contributed by atoms with van der Waals surface area (Å²) in [5.74, 6) is -1.87. The topological polar surface area (TPSA) is 137 Å². The first kappa shape index (κ1) is 14.6. The SMILES string of the molecule is COCC(NC(=O)Cn1cc([N+](=O)[O-])cn1)C(=O)O. The number of carbonyl (C=O) groups is 2. The summed E-state index contributed by atoms with van der Waals surface area (Å²) in [6, 6.07) is -1.18. The van der Waals surface area contributed by atoms with Crippen molar-refractivity contribution in [1.82, 2.24) is 15.1 Å². The van der Waals surface area contributed by atoms with Gasteiger partial charge in [-0.2, -0.15) is 5.10 Å². The van der Waals surface area contributed by atoms with Crippen LogP contribution in [0.1, 0.15) is 0 Å². The molecule has 10 nitrogen and oxygen atoms in total. The van der Waals surface area contributed by atoms with E-state index in [2.05, 4.69) is 15.2 Å². The van der Waals surface area contributed by atoms with E-state index in [9.17, 15) is 19.7 Å². The third-order valence-electron chi connectivity index (χ3n) is 2.10. The molecule has 2 N–H and O–H groups in total. The zero-order valence-corrected chi connectivity index (χ0v) is 9.98. The Bertz CT molecular complexity index is 485. The summed E-state index contributed by atoms with van der Waals surface area (Å²) < 4.78 is 5.69. The van der Waals surface area contributed by atoms with Crippen molar-refractivity contribution in [2.45, 2.75) is 12.6 Å². The number of ether oxygens (including phenoxy) is 1. The fourth-order valence-corrected chi connectivity index (χ4v) is 1.26. The highest BCUT2D eigenvalue weighted by atomic mass is 16.6. The summed E-state index contributed by atoms with van der Waals surface area (Å²) in [5, 5.41) is 25.0. The minimum Gasteiger partial charge on any atom is -0.480 e. The van der Waals surface area contributed by atoms with Crippen LogP contribution < -0.4 is 5.32 Å². The summed E-state index contributed by atoms with van der Waals surface area (Å²) in [4.78, 5) is 32.0. The van der Waals surface area contributed by atoms with Crippen molar-refractivity contribution >= 4 is 17.6 Å². The Morgan fingerprint density at radius 3 is 2.84 bits per heavy atom. The van der Waals surface area contributed by atoms with E-state index in [1.54, 1.807) is 0 Å². The smallest absolute Gasteiger partial charge is 0.328 e. The normalized spacial score (nSPS) is 11.8. The average Bonchev–Trinajstić information content (AvgIpc) is 2.76. The fraction of sp³-hybridized carbons (Fsp3) is 0.444. The summed E-state index contributed by atoms with van der Waals surface area (Å²) in [5.41, 5.74) is -0.250. The number of hydrogen-bond donors (Lipinski definition) is 2. The first-order chi connectivity index (χ1) is 8.93. The maximum atomic E-state index is 11.5. The van der Waals surface area contributed by atoms with E-state index in [4.69, 9.17) is 5.11 Å². The predicted octanol–water partition coefficient (Wildman–Crippen LogP) is -0.993. The molecule has 1 heterocycles. The Kier molecular flexibility index (Phi) is 4.94. The number of methoxy groups -OCH3 is 1. The van der Waals surface area contributed by atoms with Gasteiger partial charge in [0.05, 0.1) is 11.5 Å². The second kappa shape index (κ2) is 6.44. The van der Waals surface area contributed by atoms with Gasteiger partial charge in [-0.05, 0) is 0 Å². The van der Waals surface area contributed by atoms with Gasteiger partial charge < -0.3 is 15.2 Å². The maximum Gasteiger partial charge on any atom is 0.328 e. The van der Waals surface area contributed by atoms with E-state index in [-0.39, 0.29) is 18.8 Å². The lowest BCUT2D eigenvalue weighted by molar-refractivity contribution is -0.385. The number of nitro groups is 1. The van der Waals surface area contributed by atoms with Crippen LogP contribution in [0.3, 0.4) is 0 Å². The average molecular weight is 272 g/mol. The molecule has 1 aromatic rings. The van der Waals surface area contributed by atoms with E-state index in [1.807, 2.05) is 0 Å². The Labute approximate surface area is 107 Å². The van der Waals surface area contributed by atoms with E-state index < -0.39 is 22.8 Å². The van der Waals surface area contributed by atoms with Crippen LogP contribution in [0.15, 0.2) is 12.4 Å². The van der Waals surface area contributed by atoms with Crippen LogP contribution in [0.5, 0.6) is 0 Å². The molecule has 1 amide bonds. The van der Waals surface area contributed by atoms with Crippen molar-refractivity contribution in [1.29, 1.82) is 0 Å². The molecule has 0 aliphatic heterocycles. The van der Waals surface area contributed by atoms with Gasteiger partial charge in [0.15, 0.2) is 6.04 Å². The van der Waals surface area contributed by atoms with E-state index in [1.165, 1.54) is 7.11 Å². The predicted molar refractivity (Wildman–Crippen MR) is 60.3 cm³/mol. The number of aromatic nitrogens is 2. The second-order valence-electron chi connectivity index (χ2n) is 3.57. The van der Waals surface area contributed by atoms with Crippen LogP contribution in [-0.2, 0) is 20.9 Å². The Morgan fingerprint density at radius 2 is 2.37 bits per heavy atom. The summed E-state index contributed by atoms with van der Waals surface area (Å²) in [6.45, 7) is -0.498. The van der Waals surface area contributed by atoms with Crippen LogP contribution in [0.2, 0.25) is 0 Å². The number of carboxylic acids is 1. The Morgan fingerprint density at radius 1 is 1.68 bits per heavy atom. The lowest BCUT2D eigenvalue weighted by atomic mass is 10.3. The minimum absolute atomic E-state index is 0.180. The number of carbonyl (C=O) groups excluding carboxylic acids is 1. The quantitative estimate of drug-likeness (QED) is 0.480. The molecule has 0 fully saturated rings. The molecular formula is C9H12N4O6. The molecule has 0 aliphatic rings. The van der Waals surface area contributed by atoms with Gasteiger partial charge in [0.1, 0.15) is 18.9 Å². The molecule has 1 atom stereocenters. The van der Waals surface area contributed by atoms with Crippen LogP contribution >= 0.6 is 0 Å². The third kappa shape index (κ3) is 4.35. The number of carboxylic acid groups (broad SMARTS) is 1. The van der Waals surface area contributed by atoms with Crippen LogP contribution in [-0.4, -0.2) is 51.4 Å². The number of rotatable bonds is 7. The number of nitrogens with zero attached hydrogens (tertiary/aromatic N) is 3. The zero-order chi connectivity index (χ0) is 14.4. The highest BCUT2D eigenvalue weighted by Gasteiger charge is 2.20. The van der Waals surface area contributed by atoms with Gasteiger partial charge in [0.2, 0.25) is 5.91 Å². The summed E-state index contributed by atoms with van der Waals surface area (Å²) in [6.07, 6.45) is 2.07. The molecule has 0 aromatic carbocycles. The molecule has 0 saturated heterocycles. The van der Waals surface area contributed by atoms with Crippen molar-refractivity contribution in [3.05, 3.63) is 22.5 Å². The van der Waals surface area contributed by atoms with Crippen LogP contribution in [0.4, 0.5) is 5.69 Å². The standard InChI is InChI=1S/C9H12N4O6/c1-19-5-7(9(15)16)11-8(14)4-12-3-6(2-10-12)13(17)18/h2-3,7H,4-5H2,1H3,(H,11,14)(H,15,16). The van der Waals surface area contributed by atoms with E-state index in [0.717, 1.165) is 17.1 Å². The maximum absolute atomic E-state index is 11.5. The first-order valence-electron chi connectivity index (χ1n) is 5.12. The lowest BCUT2D eigenvalue weighted by Gasteiger charge is -2.13. The van der Waals surface area contributed by atoms with Gasteiger partial charge >= 0.3 is 11.7 Å². The van der Waals surface area contributed by atoms with Crippen molar-refractivity contribution in [2.75, 3.05) is 13.7 Å². The molecule has 104 valence electrons. The molecule has 1 unspecified atom stereocenters. The fourth-order valence-electron chi connectivity index (χ4n) is 1.26. The highest BCUT2D eigenvalue weighted by molar-refractivity contribution is 5.83. The number of hydrogen-bond acceptors (Lipinski definition) is 6. The molecule has 1 aromatic heterocycles. The first-order valence-corrected chi connectivity index (χ1v) is 5.12. The van der Waals surface area contributed by atoms with Gasteiger partial charge in [-0.25, -0.2) is 4.79 Å². The number of aliphatic carboxylic acids is 1. The van der Waals surface area contributed by atoms with Gasteiger partial charge in [-0.1, -0.05) is 0 Å². The van der Waals surface area contributed by atoms with Crippen molar-refractivity contribution in [3.63, 3.8) is 0 Å². The molecule has 0 saturated carbocycles. The van der Waals surface area contributed by atoms with Crippen LogP contribution in [0.25, 0.3) is 0 Å². The molecule has 0 bridgehead atoms. The van der Waals surface area contributed by atoms with Crippen molar-refractivity contribution in [2.24, 2.45) is 0 Å². The zero-order valence-electron chi connectivity index (χ0n) is 9.98.